The molecule has 16 nitrogen and oxygen atoms in total. The molecule has 0 saturated carbocycles. The van der Waals surface area contributed by atoms with E-state index in [0.717, 1.165) is 34.1 Å². The van der Waals surface area contributed by atoms with Crippen LogP contribution in [0.4, 0.5) is 0 Å². The van der Waals surface area contributed by atoms with E-state index in [4.69, 9.17) is 18.9 Å². The first-order chi connectivity index (χ1) is 19.2. The maximum Gasteiger partial charge on any atom is 0.339 e. The summed E-state index contributed by atoms with van der Waals surface area (Å²) in [6.07, 6.45) is 3.60. The van der Waals surface area contributed by atoms with E-state index in [9.17, 15) is 38.4 Å². The summed E-state index contributed by atoms with van der Waals surface area (Å²) >= 11 is 0. The third-order valence-electron chi connectivity index (χ3n) is 4.89. The number of rotatable bonds is 19. The van der Waals surface area contributed by atoms with Gasteiger partial charge in [-0.3, -0.25) is 38.6 Å². The van der Waals surface area contributed by atoms with Gasteiger partial charge in [0.05, 0.1) is 65.6 Å². The van der Waals surface area contributed by atoms with Crippen LogP contribution in [0.3, 0.4) is 0 Å². The molecule has 218 valence electrons. The lowest BCUT2D eigenvalue weighted by atomic mass is 10.3. The van der Waals surface area contributed by atoms with E-state index in [2.05, 4.69) is 9.47 Å². The van der Waals surface area contributed by atoms with Crippen molar-refractivity contribution in [3.05, 3.63) is 24.3 Å². The molecule has 0 atom stereocenters. The van der Waals surface area contributed by atoms with Crippen molar-refractivity contribution < 1.29 is 66.8 Å². The summed E-state index contributed by atoms with van der Waals surface area (Å²) in [7, 11) is 0. The lowest BCUT2D eigenvalue weighted by Crippen LogP contribution is -2.33. The highest BCUT2D eigenvalue weighted by molar-refractivity contribution is 6.13. The normalized spacial score (nSPS) is 14.4. The fourth-order valence-electron chi connectivity index (χ4n) is 2.98. The third kappa shape index (κ3) is 12.2. The van der Waals surface area contributed by atoms with Crippen molar-refractivity contribution in [1.82, 2.24) is 9.80 Å². The fraction of sp³-hybridized carbons (Fsp3) is 0.500. The largest absolute Gasteiger partial charge is 0.391 e. The predicted octanol–water partition coefficient (Wildman–Crippen LogP) is -2.18. The SMILES string of the molecule is O=C(CCC(=O)OC(=O)COCCOCCN1C(=O)C=CC1=O)OC(=O)COCCOCCN1C(=O)C=CC1=O. The van der Waals surface area contributed by atoms with E-state index < -0.39 is 73.6 Å². The van der Waals surface area contributed by atoms with E-state index in [-0.39, 0.29) is 52.7 Å². The molecule has 16 heteroatoms. The van der Waals surface area contributed by atoms with Gasteiger partial charge in [0.15, 0.2) is 0 Å². The highest BCUT2D eigenvalue weighted by Gasteiger charge is 2.23. The molecule has 0 radical (unpaired) electrons. The zero-order chi connectivity index (χ0) is 29.3. The first-order valence-corrected chi connectivity index (χ1v) is 12.0. The summed E-state index contributed by atoms with van der Waals surface area (Å²) in [5, 5.41) is 0. The van der Waals surface area contributed by atoms with Crippen molar-refractivity contribution in [1.29, 1.82) is 0 Å². The van der Waals surface area contributed by atoms with Crippen molar-refractivity contribution in [2.45, 2.75) is 12.8 Å². The van der Waals surface area contributed by atoms with Crippen molar-refractivity contribution in [3.63, 3.8) is 0 Å². The number of imide groups is 2. The number of hydrogen-bond donors (Lipinski definition) is 0. The molecule has 40 heavy (non-hydrogen) atoms. The van der Waals surface area contributed by atoms with Crippen LogP contribution in [0.15, 0.2) is 24.3 Å². The Balaban J connectivity index is 1.40. The zero-order valence-electron chi connectivity index (χ0n) is 21.4. The molecule has 0 unspecified atom stereocenters. The Morgan fingerprint density at radius 1 is 0.475 bits per heavy atom. The van der Waals surface area contributed by atoms with E-state index in [1.165, 1.54) is 0 Å². The van der Waals surface area contributed by atoms with Gasteiger partial charge in [0, 0.05) is 24.3 Å². The maximum absolute atomic E-state index is 11.7. The molecule has 0 aliphatic carbocycles. The molecule has 2 heterocycles. The molecule has 0 fully saturated rings. The Labute approximate surface area is 227 Å². The average Bonchev–Trinajstić information content (AvgIpc) is 3.40. The van der Waals surface area contributed by atoms with E-state index >= 15 is 0 Å². The van der Waals surface area contributed by atoms with Crippen molar-refractivity contribution in [2.75, 3.05) is 65.9 Å². The number of hydrogen-bond acceptors (Lipinski definition) is 14. The second kappa shape index (κ2) is 17.5. The van der Waals surface area contributed by atoms with Gasteiger partial charge in [-0.1, -0.05) is 0 Å². The standard InChI is InChI=1S/C24H28N2O14/c27-17-1-2-18(28)25(17)7-9-35-11-13-37-15-23(33)39-21(31)5-6-22(32)40-24(34)16-38-14-12-36-10-8-26-19(29)3-4-20(26)30/h1-4H,5-16H2. The van der Waals surface area contributed by atoms with Crippen LogP contribution < -0.4 is 0 Å². The van der Waals surface area contributed by atoms with Crippen LogP contribution in [0.1, 0.15) is 12.8 Å². The second-order valence-corrected chi connectivity index (χ2v) is 7.84. The van der Waals surface area contributed by atoms with E-state index in [0.29, 0.717) is 0 Å². The zero-order valence-corrected chi connectivity index (χ0v) is 21.4. The second-order valence-electron chi connectivity index (χ2n) is 7.84. The van der Waals surface area contributed by atoms with Crippen molar-refractivity contribution in [3.8, 4) is 0 Å². The monoisotopic (exact) mass is 568 g/mol. The van der Waals surface area contributed by atoms with Gasteiger partial charge >= 0.3 is 23.9 Å². The molecular formula is C24H28N2O14. The van der Waals surface area contributed by atoms with Crippen molar-refractivity contribution >= 4 is 47.5 Å². The molecule has 0 aromatic carbocycles. The highest BCUT2D eigenvalue weighted by atomic mass is 16.6. The molecule has 0 spiro atoms. The van der Waals surface area contributed by atoms with Crippen LogP contribution in [0, 0.1) is 0 Å². The Kier molecular flexibility index (Phi) is 14.0. The smallest absolute Gasteiger partial charge is 0.339 e. The van der Waals surface area contributed by atoms with Crippen LogP contribution in [0.5, 0.6) is 0 Å². The highest BCUT2D eigenvalue weighted by Crippen LogP contribution is 2.03. The molecule has 0 saturated heterocycles. The Morgan fingerprint density at radius 3 is 1.15 bits per heavy atom. The van der Waals surface area contributed by atoms with Gasteiger partial charge in [-0.25, -0.2) is 9.59 Å². The molecule has 0 bridgehead atoms. The Morgan fingerprint density at radius 2 is 0.800 bits per heavy atom. The van der Waals surface area contributed by atoms with Gasteiger partial charge in [-0.2, -0.15) is 0 Å². The number of nitrogens with zero attached hydrogens (tertiary/aromatic N) is 2. The van der Waals surface area contributed by atoms with Gasteiger partial charge in [0.25, 0.3) is 23.6 Å². The summed E-state index contributed by atoms with van der Waals surface area (Å²) in [5.41, 5.74) is 0. The molecule has 0 aromatic heterocycles. The van der Waals surface area contributed by atoms with E-state index in [1.54, 1.807) is 0 Å². The third-order valence-corrected chi connectivity index (χ3v) is 4.89. The predicted molar refractivity (Wildman–Crippen MR) is 126 cm³/mol. The van der Waals surface area contributed by atoms with Crippen LogP contribution in [-0.4, -0.2) is 123 Å². The Bertz CT molecular complexity index is 932. The number of ether oxygens (including phenoxy) is 6. The molecule has 2 aliphatic heterocycles. The van der Waals surface area contributed by atoms with Crippen molar-refractivity contribution in [2.24, 2.45) is 0 Å². The number of carbonyl (C=O) groups excluding carboxylic acids is 8. The minimum Gasteiger partial charge on any atom is -0.391 e. The van der Waals surface area contributed by atoms with Gasteiger partial charge in [0.2, 0.25) is 0 Å². The van der Waals surface area contributed by atoms with Crippen LogP contribution >= 0.6 is 0 Å². The number of amides is 4. The van der Waals surface area contributed by atoms with E-state index in [1.807, 2.05) is 0 Å². The summed E-state index contributed by atoms with van der Waals surface area (Å²) < 4.78 is 29.3. The van der Waals surface area contributed by atoms with Gasteiger partial charge in [0.1, 0.15) is 13.2 Å². The van der Waals surface area contributed by atoms with Gasteiger partial charge in [-0.15, -0.1) is 0 Å². The van der Waals surface area contributed by atoms with Crippen LogP contribution in [-0.2, 0) is 66.8 Å². The van der Waals surface area contributed by atoms with Gasteiger partial charge in [-0.05, 0) is 0 Å². The minimum absolute atomic E-state index is 0.0234. The molecule has 0 aromatic rings. The minimum atomic E-state index is -1.02. The maximum atomic E-state index is 11.7. The van der Waals surface area contributed by atoms with Gasteiger partial charge < -0.3 is 28.4 Å². The lowest BCUT2D eigenvalue weighted by molar-refractivity contribution is -0.168. The average molecular weight is 568 g/mol. The van der Waals surface area contributed by atoms with Crippen LogP contribution in [0.25, 0.3) is 0 Å². The summed E-state index contributed by atoms with van der Waals surface area (Å²) in [6.45, 7) is -0.740. The first kappa shape index (κ1) is 32.1. The molecule has 0 N–H and O–H groups in total. The molecule has 2 rings (SSSR count). The number of esters is 4. The quantitative estimate of drug-likeness (QED) is 0.0705. The first-order valence-electron chi connectivity index (χ1n) is 12.0. The molecular weight excluding hydrogens is 540 g/mol. The molecule has 2 aliphatic rings. The lowest BCUT2D eigenvalue weighted by Gasteiger charge is -2.13. The molecule has 4 amide bonds. The summed E-state index contributed by atoms with van der Waals surface area (Å²) in [6, 6.07) is 0. The summed E-state index contributed by atoms with van der Waals surface area (Å²) in [4.78, 5) is 93.9. The fourth-order valence-corrected chi connectivity index (χ4v) is 2.98. The van der Waals surface area contributed by atoms with Crippen LogP contribution in [0.2, 0.25) is 0 Å². The number of carbonyl (C=O) groups is 8. The summed E-state index contributed by atoms with van der Waals surface area (Å²) in [5.74, 6) is -5.74. The Hall–Kier alpha value is -4.12. The topological polar surface area (TPSA) is 198 Å².